The van der Waals surface area contributed by atoms with Gasteiger partial charge in [0.2, 0.25) is 0 Å². The van der Waals surface area contributed by atoms with Gasteiger partial charge >= 0.3 is 0 Å². The molecule has 1 N–H and O–H groups in total. The molecule has 0 unspecified atom stereocenters. The summed E-state index contributed by atoms with van der Waals surface area (Å²) in [6, 6.07) is 16.1. The monoisotopic (exact) mass is 252 g/mol. The largest absolute Gasteiger partial charge is 0.353 e. The summed E-state index contributed by atoms with van der Waals surface area (Å²) in [5.74, 6) is 0. The fraction of sp³-hybridized carbons (Fsp3) is 0. The standard InChI is InChI=1S/C15H9ClN2/c16-10-5-6-12-9(7-10)8-14-15(18-12)11-3-1-2-4-13(11)17-14/h1-8,17H. The van der Waals surface area contributed by atoms with Crippen molar-refractivity contribution in [2.75, 3.05) is 0 Å². The average molecular weight is 253 g/mol. The summed E-state index contributed by atoms with van der Waals surface area (Å²) < 4.78 is 0. The van der Waals surface area contributed by atoms with E-state index >= 15 is 0 Å². The summed E-state index contributed by atoms with van der Waals surface area (Å²) in [7, 11) is 0. The highest BCUT2D eigenvalue weighted by molar-refractivity contribution is 6.31. The molecule has 0 saturated heterocycles. The first-order chi connectivity index (χ1) is 8.81. The lowest BCUT2D eigenvalue weighted by Crippen LogP contribution is -1.80. The Morgan fingerprint density at radius 1 is 0.944 bits per heavy atom. The summed E-state index contributed by atoms with van der Waals surface area (Å²) in [5, 5.41) is 2.95. The third kappa shape index (κ3) is 1.33. The van der Waals surface area contributed by atoms with E-state index in [2.05, 4.69) is 23.2 Å². The third-order valence-electron chi connectivity index (χ3n) is 3.23. The number of hydrogen-bond acceptors (Lipinski definition) is 1. The van der Waals surface area contributed by atoms with Crippen molar-refractivity contribution in [1.82, 2.24) is 9.97 Å². The second kappa shape index (κ2) is 3.47. The Morgan fingerprint density at radius 3 is 2.78 bits per heavy atom. The van der Waals surface area contributed by atoms with Gasteiger partial charge in [0.05, 0.1) is 16.6 Å². The maximum Gasteiger partial charge on any atom is 0.0965 e. The molecular weight excluding hydrogens is 244 g/mol. The fourth-order valence-corrected chi connectivity index (χ4v) is 2.57. The SMILES string of the molecule is Clc1ccc2nc3c(cc2c1)[nH]c1ccccc13. The molecule has 0 radical (unpaired) electrons. The summed E-state index contributed by atoms with van der Waals surface area (Å²) in [4.78, 5) is 8.10. The van der Waals surface area contributed by atoms with Gasteiger partial charge in [-0.25, -0.2) is 4.98 Å². The van der Waals surface area contributed by atoms with Crippen LogP contribution in [0.2, 0.25) is 5.02 Å². The summed E-state index contributed by atoms with van der Waals surface area (Å²) in [5.41, 5.74) is 4.14. The molecule has 3 heteroatoms. The van der Waals surface area contributed by atoms with Crippen LogP contribution in [-0.2, 0) is 0 Å². The third-order valence-corrected chi connectivity index (χ3v) is 3.46. The molecule has 0 fully saturated rings. The minimum absolute atomic E-state index is 0.736. The van der Waals surface area contributed by atoms with Crippen LogP contribution in [0.15, 0.2) is 48.5 Å². The Hall–Kier alpha value is -2.06. The summed E-state index contributed by atoms with van der Waals surface area (Å²) in [6.07, 6.45) is 0. The van der Waals surface area contributed by atoms with E-state index in [1.807, 2.05) is 30.3 Å². The number of pyridine rings is 1. The Labute approximate surface area is 108 Å². The molecule has 0 atom stereocenters. The second-order valence-corrected chi connectivity index (χ2v) is 4.83. The molecule has 2 heterocycles. The highest BCUT2D eigenvalue weighted by Crippen LogP contribution is 2.27. The molecular formula is C15H9ClN2. The second-order valence-electron chi connectivity index (χ2n) is 4.39. The van der Waals surface area contributed by atoms with Crippen LogP contribution in [0.1, 0.15) is 0 Å². The van der Waals surface area contributed by atoms with Gasteiger partial charge in [-0.2, -0.15) is 0 Å². The zero-order chi connectivity index (χ0) is 12.1. The molecule has 2 aromatic heterocycles. The molecule has 18 heavy (non-hydrogen) atoms. The summed E-state index contributed by atoms with van der Waals surface area (Å²) >= 11 is 6.01. The zero-order valence-electron chi connectivity index (χ0n) is 9.44. The van der Waals surface area contributed by atoms with Gasteiger partial charge in [0.1, 0.15) is 0 Å². The molecule has 2 aromatic carbocycles. The molecule has 0 saturated carbocycles. The number of aromatic amines is 1. The normalized spacial score (nSPS) is 11.6. The maximum absolute atomic E-state index is 6.01. The molecule has 0 aliphatic heterocycles. The minimum Gasteiger partial charge on any atom is -0.353 e. The fourth-order valence-electron chi connectivity index (χ4n) is 2.39. The van der Waals surface area contributed by atoms with Crippen molar-refractivity contribution in [1.29, 1.82) is 0 Å². The van der Waals surface area contributed by atoms with Gasteiger partial charge in [-0.1, -0.05) is 29.8 Å². The predicted octanol–water partition coefficient (Wildman–Crippen LogP) is 4.52. The van der Waals surface area contributed by atoms with Gasteiger partial charge < -0.3 is 4.98 Å². The number of nitrogens with zero attached hydrogens (tertiary/aromatic N) is 1. The molecule has 86 valence electrons. The molecule has 2 nitrogen and oxygen atoms in total. The number of rotatable bonds is 0. The van der Waals surface area contributed by atoms with E-state index in [4.69, 9.17) is 16.6 Å². The number of hydrogen-bond donors (Lipinski definition) is 1. The highest BCUT2D eigenvalue weighted by atomic mass is 35.5. The molecule has 0 bridgehead atoms. The maximum atomic E-state index is 6.01. The highest BCUT2D eigenvalue weighted by Gasteiger charge is 2.06. The predicted molar refractivity (Wildman–Crippen MR) is 76.1 cm³/mol. The Kier molecular flexibility index (Phi) is 1.91. The number of aromatic nitrogens is 2. The molecule has 0 spiro atoms. The smallest absolute Gasteiger partial charge is 0.0965 e. The van der Waals surface area contributed by atoms with Crippen molar-refractivity contribution in [2.24, 2.45) is 0 Å². The van der Waals surface area contributed by atoms with E-state index in [9.17, 15) is 0 Å². The minimum atomic E-state index is 0.736. The lowest BCUT2D eigenvalue weighted by atomic mass is 10.2. The van der Waals surface area contributed by atoms with Crippen molar-refractivity contribution < 1.29 is 0 Å². The van der Waals surface area contributed by atoms with Crippen LogP contribution in [0.5, 0.6) is 0 Å². The average Bonchev–Trinajstić information content (AvgIpc) is 2.73. The van der Waals surface area contributed by atoms with E-state index in [1.165, 1.54) is 0 Å². The summed E-state index contributed by atoms with van der Waals surface area (Å²) in [6.45, 7) is 0. The van der Waals surface area contributed by atoms with Gasteiger partial charge in [-0.05, 0) is 30.3 Å². The Balaban J connectivity index is 2.23. The van der Waals surface area contributed by atoms with Crippen LogP contribution in [0.3, 0.4) is 0 Å². The van der Waals surface area contributed by atoms with Crippen molar-refractivity contribution >= 4 is 44.4 Å². The van der Waals surface area contributed by atoms with E-state index < -0.39 is 0 Å². The number of nitrogens with one attached hydrogen (secondary N) is 1. The number of H-pyrrole nitrogens is 1. The number of fused-ring (bicyclic) bond motifs is 4. The molecule has 4 aromatic rings. The first-order valence-electron chi connectivity index (χ1n) is 5.78. The van der Waals surface area contributed by atoms with Crippen LogP contribution in [0.25, 0.3) is 32.8 Å². The van der Waals surface area contributed by atoms with E-state index in [0.717, 1.165) is 37.9 Å². The molecule has 0 aliphatic rings. The van der Waals surface area contributed by atoms with E-state index in [-0.39, 0.29) is 0 Å². The van der Waals surface area contributed by atoms with Gasteiger partial charge in [0.15, 0.2) is 0 Å². The topological polar surface area (TPSA) is 28.7 Å². The zero-order valence-corrected chi connectivity index (χ0v) is 10.2. The van der Waals surface area contributed by atoms with Gasteiger partial charge in [0, 0.05) is 21.3 Å². The van der Waals surface area contributed by atoms with Crippen LogP contribution in [-0.4, -0.2) is 9.97 Å². The van der Waals surface area contributed by atoms with Crippen molar-refractivity contribution in [3.8, 4) is 0 Å². The molecule has 0 amide bonds. The lowest BCUT2D eigenvalue weighted by molar-refractivity contribution is 1.49. The Morgan fingerprint density at radius 2 is 1.83 bits per heavy atom. The lowest BCUT2D eigenvalue weighted by Gasteiger charge is -1.98. The Bertz CT molecular complexity index is 893. The first-order valence-corrected chi connectivity index (χ1v) is 6.16. The molecule has 0 aliphatic carbocycles. The van der Waals surface area contributed by atoms with Crippen LogP contribution >= 0.6 is 11.6 Å². The quantitative estimate of drug-likeness (QED) is 0.490. The number of para-hydroxylation sites is 1. The first kappa shape index (κ1) is 9.92. The van der Waals surface area contributed by atoms with E-state index in [1.54, 1.807) is 0 Å². The van der Waals surface area contributed by atoms with Crippen molar-refractivity contribution in [2.45, 2.75) is 0 Å². The number of benzene rings is 2. The van der Waals surface area contributed by atoms with Crippen LogP contribution in [0.4, 0.5) is 0 Å². The van der Waals surface area contributed by atoms with Gasteiger partial charge in [-0.15, -0.1) is 0 Å². The van der Waals surface area contributed by atoms with Crippen LogP contribution in [0, 0.1) is 0 Å². The van der Waals surface area contributed by atoms with Gasteiger partial charge in [0.25, 0.3) is 0 Å². The molecule has 4 rings (SSSR count). The number of halogens is 1. The van der Waals surface area contributed by atoms with Crippen LogP contribution < -0.4 is 0 Å². The van der Waals surface area contributed by atoms with E-state index in [0.29, 0.717) is 0 Å². The van der Waals surface area contributed by atoms with Crippen molar-refractivity contribution in [3.63, 3.8) is 0 Å². The van der Waals surface area contributed by atoms with Crippen molar-refractivity contribution in [3.05, 3.63) is 53.6 Å². The van der Waals surface area contributed by atoms with Gasteiger partial charge in [-0.3, -0.25) is 0 Å².